The quantitative estimate of drug-likeness (QED) is 0.501. The Bertz CT molecular complexity index is 510. The number of nitrogen functional groups attached to an aromatic ring is 1. The molecule has 2 aromatic rings. The third-order valence-corrected chi connectivity index (χ3v) is 3.20. The summed E-state index contributed by atoms with van der Waals surface area (Å²) < 4.78 is 4.72. The van der Waals surface area contributed by atoms with E-state index >= 15 is 0 Å². The first kappa shape index (κ1) is 11.2. The molecule has 0 aliphatic carbocycles. The molecular weight excluding hydrogens is 292 g/mol. The number of carbonyl (C=O) groups is 1. The van der Waals surface area contributed by atoms with Crippen LogP contribution in [0.15, 0.2) is 28.7 Å². The smallest absolute Gasteiger partial charge is 0.279 e. The zero-order chi connectivity index (χ0) is 11.5. The number of carbonyl (C=O) groups excluding carboxylic acids is 1. The van der Waals surface area contributed by atoms with Gasteiger partial charge in [-0.3, -0.25) is 10.2 Å². The summed E-state index contributed by atoms with van der Waals surface area (Å²) in [7, 11) is 0. The van der Waals surface area contributed by atoms with Crippen molar-refractivity contribution in [1.82, 2.24) is 15.0 Å². The van der Waals surface area contributed by atoms with E-state index in [1.165, 1.54) is 0 Å². The Labute approximate surface area is 104 Å². The fourth-order valence-electron chi connectivity index (χ4n) is 1.20. The molecule has 1 amide bonds. The minimum absolute atomic E-state index is 0.382. The SMILES string of the molecule is NNC(=O)c1snnc1-c1ccc(Br)cc1. The number of halogens is 1. The van der Waals surface area contributed by atoms with Crippen molar-refractivity contribution >= 4 is 33.4 Å². The number of aromatic nitrogens is 2. The molecule has 7 heteroatoms. The maximum Gasteiger partial charge on any atom is 0.279 e. The van der Waals surface area contributed by atoms with Gasteiger partial charge in [0.15, 0.2) is 0 Å². The van der Waals surface area contributed by atoms with Crippen LogP contribution in [0.25, 0.3) is 11.3 Å². The number of nitrogens with zero attached hydrogens (tertiary/aromatic N) is 2. The normalized spacial score (nSPS) is 10.1. The maximum atomic E-state index is 11.4. The first-order valence-corrected chi connectivity index (χ1v) is 5.88. The number of nitrogens with one attached hydrogen (secondary N) is 1. The minimum atomic E-state index is -0.382. The number of nitrogens with two attached hydrogens (primary N) is 1. The second-order valence-corrected chi connectivity index (χ2v) is 4.60. The molecule has 0 saturated heterocycles. The number of amides is 1. The highest BCUT2D eigenvalue weighted by molar-refractivity contribution is 9.10. The van der Waals surface area contributed by atoms with E-state index in [2.05, 4.69) is 30.9 Å². The molecule has 2 rings (SSSR count). The van der Waals surface area contributed by atoms with E-state index in [9.17, 15) is 4.79 Å². The molecule has 16 heavy (non-hydrogen) atoms. The van der Waals surface area contributed by atoms with E-state index < -0.39 is 0 Å². The van der Waals surface area contributed by atoms with Crippen molar-refractivity contribution in [3.8, 4) is 11.3 Å². The maximum absolute atomic E-state index is 11.4. The lowest BCUT2D eigenvalue weighted by Crippen LogP contribution is -2.29. The van der Waals surface area contributed by atoms with Gasteiger partial charge in [0.05, 0.1) is 0 Å². The van der Waals surface area contributed by atoms with Crippen molar-refractivity contribution in [1.29, 1.82) is 0 Å². The first-order chi connectivity index (χ1) is 7.72. The summed E-state index contributed by atoms with van der Waals surface area (Å²) in [5.41, 5.74) is 3.44. The average Bonchev–Trinajstić information content (AvgIpc) is 2.78. The molecule has 82 valence electrons. The molecule has 0 spiro atoms. The number of hydrogen-bond acceptors (Lipinski definition) is 5. The molecule has 0 aliphatic heterocycles. The Morgan fingerprint density at radius 2 is 2.06 bits per heavy atom. The predicted molar refractivity (Wildman–Crippen MR) is 64.7 cm³/mol. The second-order valence-electron chi connectivity index (χ2n) is 2.93. The number of rotatable bonds is 2. The Kier molecular flexibility index (Phi) is 3.28. The van der Waals surface area contributed by atoms with Crippen molar-refractivity contribution in [2.24, 2.45) is 5.84 Å². The van der Waals surface area contributed by atoms with Crippen LogP contribution in [0.4, 0.5) is 0 Å². The van der Waals surface area contributed by atoms with Crippen molar-refractivity contribution in [2.45, 2.75) is 0 Å². The van der Waals surface area contributed by atoms with Gasteiger partial charge >= 0.3 is 0 Å². The van der Waals surface area contributed by atoms with Crippen LogP contribution in [0, 0.1) is 0 Å². The molecule has 0 fully saturated rings. The number of hydrazine groups is 1. The molecule has 1 aromatic heterocycles. The molecule has 5 nitrogen and oxygen atoms in total. The topological polar surface area (TPSA) is 80.9 Å². The van der Waals surface area contributed by atoms with Gasteiger partial charge in [0.25, 0.3) is 5.91 Å². The zero-order valence-corrected chi connectivity index (χ0v) is 10.4. The van der Waals surface area contributed by atoms with Crippen molar-refractivity contribution in [3.63, 3.8) is 0 Å². The van der Waals surface area contributed by atoms with Crippen molar-refractivity contribution < 1.29 is 4.79 Å². The monoisotopic (exact) mass is 298 g/mol. The van der Waals surface area contributed by atoms with E-state index in [1.807, 2.05) is 24.3 Å². The van der Waals surface area contributed by atoms with Crippen LogP contribution >= 0.6 is 27.5 Å². The summed E-state index contributed by atoms with van der Waals surface area (Å²) in [4.78, 5) is 11.8. The van der Waals surface area contributed by atoms with Gasteiger partial charge in [-0.2, -0.15) is 0 Å². The highest BCUT2D eigenvalue weighted by Gasteiger charge is 2.16. The standard InChI is InChI=1S/C9H7BrN4OS/c10-6-3-1-5(2-4-6)7-8(9(15)12-11)16-14-13-7/h1-4H,11H2,(H,12,15). The largest absolute Gasteiger partial charge is 0.289 e. The number of benzene rings is 1. The van der Waals surface area contributed by atoms with Gasteiger partial charge in [-0.15, -0.1) is 5.10 Å². The Hall–Kier alpha value is -1.31. The fraction of sp³-hybridized carbons (Fsp3) is 0. The molecule has 0 aliphatic rings. The average molecular weight is 299 g/mol. The zero-order valence-electron chi connectivity index (χ0n) is 7.98. The lowest BCUT2D eigenvalue weighted by atomic mass is 10.1. The van der Waals surface area contributed by atoms with Gasteiger partial charge in [-0.1, -0.05) is 32.6 Å². The minimum Gasteiger partial charge on any atom is -0.289 e. The highest BCUT2D eigenvalue weighted by Crippen LogP contribution is 2.25. The van der Waals surface area contributed by atoms with E-state index in [0.29, 0.717) is 10.6 Å². The second kappa shape index (κ2) is 4.69. The molecule has 1 heterocycles. The Morgan fingerprint density at radius 3 is 2.69 bits per heavy atom. The molecule has 0 atom stereocenters. The summed E-state index contributed by atoms with van der Waals surface area (Å²) >= 11 is 4.35. The van der Waals surface area contributed by atoms with Gasteiger partial charge < -0.3 is 0 Å². The third kappa shape index (κ3) is 2.11. The predicted octanol–water partition coefficient (Wildman–Crippen LogP) is 1.57. The van der Waals surface area contributed by atoms with Gasteiger partial charge in [-0.05, 0) is 23.7 Å². The van der Waals surface area contributed by atoms with Crippen LogP contribution in [-0.2, 0) is 0 Å². The van der Waals surface area contributed by atoms with E-state index in [1.54, 1.807) is 0 Å². The van der Waals surface area contributed by atoms with Crippen LogP contribution in [0.3, 0.4) is 0 Å². The van der Waals surface area contributed by atoms with Gasteiger partial charge in [-0.25, -0.2) is 5.84 Å². The lowest BCUT2D eigenvalue weighted by Gasteiger charge is -2.00. The highest BCUT2D eigenvalue weighted by atomic mass is 79.9. The van der Waals surface area contributed by atoms with Crippen LogP contribution in [0.1, 0.15) is 9.67 Å². The summed E-state index contributed by atoms with van der Waals surface area (Å²) in [6, 6.07) is 7.46. The lowest BCUT2D eigenvalue weighted by molar-refractivity contribution is 0.0958. The third-order valence-electron chi connectivity index (χ3n) is 1.94. The molecule has 0 unspecified atom stereocenters. The van der Waals surface area contributed by atoms with Crippen molar-refractivity contribution in [3.05, 3.63) is 33.6 Å². The molecule has 0 saturated carbocycles. The van der Waals surface area contributed by atoms with Gasteiger partial charge in [0.2, 0.25) is 0 Å². The summed E-state index contributed by atoms with van der Waals surface area (Å²) in [5.74, 6) is 4.70. The summed E-state index contributed by atoms with van der Waals surface area (Å²) in [5, 5.41) is 3.92. The van der Waals surface area contributed by atoms with E-state index in [4.69, 9.17) is 5.84 Å². The Morgan fingerprint density at radius 1 is 1.38 bits per heavy atom. The van der Waals surface area contributed by atoms with E-state index in [0.717, 1.165) is 21.6 Å². The van der Waals surface area contributed by atoms with Crippen LogP contribution < -0.4 is 11.3 Å². The number of hydrogen-bond donors (Lipinski definition) is 2. The van der Waals surface area contributed by atoms with Crippen LogP contribution in [0.5, 0.6) is 0 Å². The van der Waals surface area contributed by atoms with Crippen LogP contribution in [0.2, 0.25) is 0 Å². The fourth-order valence-corrected chi connectivity index (χ4v) is 2.06. The van der Waals surface area contributed by atoms with E-state index in [-0.39, 0.29) is 5.91 Å². The van der Waals surface area contributed by atoms with Gasteiger partial charge in [0, 0.05) is 10.0 Å². The summed E-state index contributed by atoms with van der Waals surface area (Å²) in [6.45, 7) is 0. The molecule has 1 aromatic carbocycles. The molecular formula is C9H7BrN4OS. The first-order valence-electron chi connectivity index (χ1n) is 4.31. The van der Waals surface area contributed by atoms with Crippen molar-refractivity contribution in [2.75, 3.05) is 0 Å². The van der Waals surface area contributed by atoms with Gasteiger partial charge in [0.1, 0.15) is 10.6 Å². The molecule has 0 radical (unpaired) electrons. The molecule has 0 bridgehead atoms. The molecule has 3 N–H and O–H groups in total. The van der Waals surface area contributed by atoms with Crippen LogP contribution in [-0.4, -0.2) is 15.5 Å². The summed E-state index contributed by atoms with van der Waals surface area (Å²) in [6.07, 6.45) is 0. The Balaban J connectivity index is 2.44.